The average Bonchev–Trinajstić information content (AvgIpc) is 3.01. The van der Waals surface area contributed by atoms with Gasteiger partial charge in [-0.1, -0.05) is 29.8 Å². The highest BCUT2D eigenvalue weighted by atomic mass is 19.1. The zero-order valence-corrected chi connectivity index (χ0v) is 16.2. The average molecular weight is 368 g/mol. The Morgan fingerprint density at radius 2 is 1.96 bits per heavy atom. The van der Waals surface area contributed by atoms with Crippen LogP contribution in [0.1, 0.15) is 23.0 Å². The van der Waals surface area contributed by atoms with Gasteiger partial charge in [0.2, 0.25) is 5.91 Å². The Bertz CT molecular complexity index is 950. The smallest absolute Gasteiger partial charge is 0.244 e. The number of aromatic nitrogens is 2. The Morgan fingerprint density at radius 3 is 2.67 bits per heavy atom. The first-order valence-corrected chi connectivity index (χ1v) is 8.97. The molecule has 0 saturated carbocycles. The predicted octanol–water partition coefficient (Wildman–Crippen LogP) is 3.31. The van der Waals surface area contributed by atoms with Crippen molar-refractivity contribution in [3.8, 4) is 0 Å². The summed E-state index contributed by atoms with van der Waals surface area (Å²) in [5, 5.41) is 0. The number of fused-ring (bicyclic) bond motifs is 1. The summed E-state index contributed by atoms with van der Waals surface area (Å²) in [5.41, 5.74) is 3.51. The summed E-state index contributed by atoms with van der Waals surface area (Å²) < 4.78 is 13.3. The first kappa shape index (κ1) is 19.0. The molecule has 1 atom stereocenters. The number of imidazole rings is 1. The van der Waals surface area contributed by atoms with Gasteiger partial charge < -0.3 is 9.88 Å². The lowest BCUT2D eigenvalue weighted by Crippen LogP contribution is -2.39. The molecule has 2 aromatic carbocycles. The van der Waals surface area contributed by atoms with Crippen LogP contribution >= 0.6 is 0 Å². The zero-order valence-electron chi connectivity index (χ0n) is 16.2. The molecule has 0 radical (unpaired) electrons. The number of likely N-dealkylation sites (N-methyl/N-ethyl adjacent to an activating group) is 2. The van der Waals surface area contributed by atoms with E-state index in [-0.39, 0.29) is 17.8 Å². The van der Waals surface area contributed by atoms with Crippen LogP contribution in [-0.2, 0) is 11.2 Å². The van der Waals surface area contributed by atoms with Crippen molar-refractivity contribution in [3.05, 3.63) is 65.2 Å². The van der Waals surface area contributed by atoms with E-state index < -0.39 is 0 Å². The summed E-state index contributed by atoms with van der Waals surface area (Å²) in [6.07, 6.45) is 0.576. The van der Waals surface area contributed by atoms with Crippen LogP contribution in [0.5, 0.6) is 0 Å². The largest absolute Gasteiger partial charge is 0.344 e. The Labute approximate surface area is 158 Å². The fraction of sp³-hybridized carbons (Fsp3) is 0.333. The molecule has 142 valence electrons. The quantitative estimate of drug-likeness (QED) is 0.726. The molecule has 1 aromatic heterocycles. The van der Waals surface area contributed by atoms with Gasteiger partial charge in [-0.2, -0.15) is 0 Å². The Morgan fingerprint density at radius 1 is 1.19 bits per heavy atom. The maximum Gasteiger partial charge on any atom is 0.244 e. The standard InChI is InChI=1S/C21H25FN4O/c1-14-6-5-7-15(12-14)20(25(2)3)21(27)26(4)11-10-19-23-17-9-8-16(22)13-18(17)24-19/h5-9,12-13,20H,10-11H2,1-4H3,(H,23,24). The highest BCUT2D eigenvalue weighted by molar-refractivity contribution is 5.83. The molecule has 0 bridgehead atoms. The number of halogens is 1. The van der Waals surface area contributed by atoms with E-state index >= 15 is 0 Å². The van der Waals surface area contributed by atoms with E-state index in [9.17, 15) is 9.18 Å². The van der Waals surface area contributed by atoms with Gasteiger partial charge >= 0.3 is 0 Å². The van der Waals surface area contributed by atoms with Gasteiger partial charge in [-0.15, -0.1) is 0 Å². The van der Waals surface area contributed by atoms with Gasteiger partial charge in [0.05, 0.1) is 11.0 Å². The van der Waals surface area contributed by atoms with Crippen LogP contribution in [-0.4, -0.2) is 53.4 Å². The number of nitrogens with zero attached hydrogens (tertiary/aromatic N) is 3. The van der Waals surface area contributed by atoms with E-state index in [2.05, 4.69) is 9.97 Å². The molecule has 6 heteroatoms. The highest BCUT2D eigenvalue weighted by Crippen LogP contribution is 2.22. The van der Waals surface area contributed by atoms with Gasteiger partial charge in [0.25, 0.3) is 0 Å². The maximum absolute atomic E-state index is 13.3. The Balaban J connectivity index is 1.71. The fourth-order valence-electron chi connectivity index (χ4n) is 3.25. The predicted molar refractivity (Wildman–Crippen MR) is 105 cm³/mol. The van der Waals surface area contributed by atoms with Crippen molar-refractivity contribution < 1.29 is 9.18 Å². The molecule has 1 heterocycles. The number of hydrogen-bond donors (Lipinski definition) is 1. The molecule has 0 spiro atoms. The van der Waals surface area contributed by atoms with E-state index in [4.69, 9.17) is 0 Å². The molecular weight excluding hydrogens is 343 g/mol. The number of hydrogen-bond acceptors (Lipinski definition) is 3. The number of aryl methyl sites for hydroxylation is 1. The first-order chi connectivity index (χ1) is 12.8. The van der Waals surface area contributed by atoms with Crippen LogP contribution in [0, 0.1) is 12.7 Å². The molecule has 3 aromatic rings. The highest BCUT2D eigenvalue weighted by Gasteiger charge is 2.26. The van der Waals surface area contributed by atoms with E-state index in [1.807, 2.05) is 50.2 Å². The SMILES string of the molecule is Cc1cccc(C(C(=O)N(C)CCc2nc3ccc(F)cc3[nH]2)N(C)C)c1. The zero-order chi connectivity index (χ0) is 19.6. The van der Waals surface area contributed by atoms with E-state index in [1.54, 1.807) is 18.0 Å². The lowest BCUT2D eigenvalue weighted by atomic mass is 10.0. The minimum atomic E-state index is -0.334. The second-order valence-corrected chi connectivity index (χ2v) is 7.14. The molecular formula is C21H25FN4O. The normalized spacial score (nSPS) is 12.5. The lowest BCUT2D eigenvalue weighted by molar-refractivity contribution is -0.135. The Hall–Kier alpha value is -2.73. The molecule has 5 nitrogen and oxygen atoms in total. The maximum atomic E-state index is 13.3. The number of H-pyrrole nitrogens is 1. The summed E-state index contributed by atoms with van der Waals surface area (Å²) in [4.78, 5) is 24.3. The van der Waals surface area contributed by atoms with E-state index in [0.29, 0.717) is 18.5 Å². The summed E-state index contributed by atoms with van der Waals surface area (Å²) in [5.74, 6) is 0.483. The molecule has 0 saturated heterocycles. The number of carbonyl (C=O) groups is 1. The van der Waals surface area contributed by atoms with Crippen molar-refractivity contribution >= 4 is 16.9 Å². The number of benzene rings is 2. The van der Waals surface area contributed by atoms with Gasteiger partial charge in [0.1, 0.15) is 17.7 Å². The number of carbonyl (C=O) groups excluding carboxylic acids is 1. The molecule has 0 aliphatic carbocycles. The fourth-order valence-corrected chi connectivity index (χ4v) is 3.25. The van der Waals surface area contributed by atoms with Gasteiger partial charge in [0.15, 0.2) is 0 Å². The van der Waals surface area contributed by atoms with Crippen molar-refractivity contribution in [1.82, 2.24) is 19.8 Å². The molecule has 1 unspecified atom stereocenters. The van der Waals surface area contributed by atoms with Gasteiger partial charge in [0, 0.05) is 20.0 Å². The number of aromatic amines is 1. The van der Waals surface area contributed by atoms with Crippen molar-refractivity contribution in [2.24, 2.45) is 0 Å². The molecule has 3 rings (SSSR count). The molecule has 1 amide bonds. The number of amides is 1. The molecule has 27 heavy (non-hydrogen) atoms. The van der Waals surface area contributed by atoms with Crippen LogP contribution in [0.25, 0.3) is 11.0 Å². The Kier molecular flexibility index (Phi) is 5.56. The van der Waals surface area contributed by atoms with Crippen LogP contribution in [0.4, 0.5) is 4.39 Å². The second kappa shape index (κ2) is 7.88. The number of rotatable bonds is 6. The van der Waals surface area contributed by atoms with Gasteiger partial charge in [-0.05, 0) is 44.8 Å². The summed E-state index contributed by atoms with van der Waals surface area (Å²) in [6, 6.07) is 12.2. The van der Waals surface area contributed by atoms with Crippen molar-refractivity contribution in [2.75, 3.05) is 27.7 Å². The van der Waals surface area contributed by atoms with Crippen LogP contribution in [0.2, 0.25) is 0 Å². The third-order valence-corrected chi connectivity index (χ3v) is 4.66. The summed E-state index contributed by atoms with van der Waals surface area (Å²) in [6.45, 7) is 2.55. The van der Waals surface area contributed by atoms with Crippen LogP contribution < -0.4 is 0 Å². The summed E-state index contributed by atoms with van der Waals surface area (Å²) >= 11 is 0. The second-order valence-electron chi connectivity index (χ2n) is 7.14. The minimum Gasteiger partial charge on any atom is -0.344 e. The van der Waals surface area contributed by atoms with Gasteiger partial charge in [-0.25, -0.2) is 9.37 Å². The summed E-state index contributed by atoms with van der Waals surface area (Å²) in [7, 11) is 5.62. The third kappa shape index (κ3) is 4.34. The van der Waals surface area contributed by atoms with Crippen molar-refractivity contribution in [3.63, 3.8) is 0 Å². The minimum absolute atomic E-state index is 0.0350. The number of nitrogens with one attached hydrogen (secondary N) is 1. The molecule has 0 fully saturated rings. The molecule has 1 N–H and O–H groups in total. The topological polar surface area (TPSA) is 52.2 Å². The first-order valence-electron chi connectivity index (χ1n) is 8.97. The van der Waals surface area contributed by atoms with E-state index in [1.165, 1.54) is 12.1 Å². The monoisotopic (exact) mass is 368 g/mol. The van der Waals surface area contributed by atoms with Gasteiger partial charge in [-0.3, -0.25) is 9.69 Å². The van der Waals surface area contributed by atoms with Crippen molar-refractivity contribution in [2.45, 2.75) is 19.4 Å². The van der Waals surface area contributed by atoms with E-state index in [0.717, 1.165) is 22.5 Å². The van der Waals surface area contributed by atoms with Crippen LogP contribution in [0.3, 0.4) is 0 Å². The molecule has 0 aliphatic rings. The lowest BCUT2D eigenvalue weighted by Gasteiger charge is -2.28. The third-order valence-electron chi connectivity index (χ3n) is 4.66. The van der Waals surface area contributed by atoms with Crippen molar-refractivity contribution in [1.29, 1.82) is 0 Å². The van der Waals surface area contributed by atoms with Crippen LogP contribution in [0.15, 0.2) is 42.5 Å². The molecule has 0 aliphatic heterocycles.